The van der Waals surface area contributed by atoms with Gasteiger partial charge in [0.05, 0.1) is 30.7 Å². The van der Waals surface area contributed by atoms with Gasteiger partial charge in [-0.3, -0.25) is 4.79 Å². The third kappa shape index (κ3) is 4.61. The topological polar surface area (TPSA) is 49.0 Å². The molecule has 1 amide bonds. The fourth-order valence-electron chi connectivity index (χ4n) is 3.23. The summed E-state index contributed by atoms with van der Waals surface area (Å²) in [5.41, 5.74) is 2.94. The van der Waals surface area contributed by atoms with Crippen LogP contribution in [-0.4, -0.2) is 33.5 Å². The van der Waals surface area contributed by atoms with E-state index in [-0.39, 0.29) is 5.92 Å². The van der Waals surface area contributed by atoms with Crippen LogP contribution in [0.25, 0.3) is 0 Å². The summed E-state index contributed by atoms with van der Waals surface area (Å²) in [6.45, 7) is 0.717. The summed E-state index contributed by atoms with van der Waals surface area (Å²) < 4.78 is 37.1. The van der Waals surface area contributed by atoms with E-state index in [0.717, 1.165) is 24.2 Å². The maximum Gasteiger partial charge on any atom is 0.389 e. The number of nitrogens with zero attached hydrogens (tertiary/aromatic N) is 2. The molecule has 1 aliphatic rings. The summed E-state index contributed by atoms with van der Waals surface area (Å²) in [5.74, 6) is -0.424. The Kier molecular flexibility index (Phi) is 5.11. The van der Waals surface area contributed by atoms with Gasteiger partial charge in [-0.15, -0.1) is 0 Å². The van der Waals surface area contributed by atoms with Crippen LogP contribution < -0.4 is 0 Å². The molecule has 1 unspecified atom stereocenters. The first-order valence-corrected chi connectivity index (χ1v) is 8.33. The average Bonchev–Trinajstić information content (AvgIpc) is 3.06. The molecule has 7 heteroatoms. The van der Waals surface area contributed by atoms with E-state index in [1.807, 2.05) is 30.3 Å². The molecule has 0 saturated heterocycles. The van der Waals surface area contributed by atoms with Crippen molar-refractivity contribution in [3.8, 4) is 0 Å². The Morgan fingerprint density at radius 2 is 2.04 bits per heavy atom. The van der Waals surface area contributed by atoms with Crippen LogP contribution in [-0.2, 0) is 17.8 Å². The van der Waals surface area contributed by atoms with Crippen LogP contribution in [0.4, 0.5) is 13.2 Å². The molecule has 2 aromatic rings. The van der Waals surface area contributed by atoms with E-state index >= 15 is 0 Å². The molecule has 2 heterocycles. The minimum atomic E-state index is -4.31. The summed E-state index contributed by atoms with van der Waals surface area (Å²) >= 11 is 0. The summed E-state index contributed by atoms with van der Waals surface area (Å²) in [5, 5.41) is 0. The first-order chi connectivity index (χ1) is 11.9. The van der Waals surface area contributed by atoms with E-state index in [1.54, 1.807) is 6.33 Å². The Morgan fingerprint density at radius 1 is 1.28 bits per heavy atom. The van der Waals surface area contributed by atoms with Crippen molar-refractivity contribution < 1.29 is 18.0 Å². The molecule has 1 aromatic heterocycles. The minimum absolute atomic E-state index is 0.0324. The highest BCUT2D eigenvalue weighted by atomic mass is 19.4. The Morgan fingerprint density at radius 3 is 2.76 bits per heavy atom. The predicted octanol–water partition coefficient (Wildman–Crippen LogP) is 3.81. The lowest BCUT2D eigenvalue weighted by atomic mass is 9.91. The Bertz CT molecular complexity index is 712. The predicted molar refractivity (Wildman–Crippen MR) is 86.8 cm³/mol. The zero-order valence-corrected chi connectivity index (χ0v) is 13.7. The number of aromatic amines is 1. The highest BCUT2D eigenvalue weighted by Gasteiger charge is 2.33. The maximum absolute atomic E-state index is 12.4. The second-order valence-electron chi connectivity index (χ2n) is 6.38. The smallest absolute Gasteiger partial charge is 0.347 e. The maximum atomic E-state index is 12.4. The van der Waals surface area contributed by atoms with Crippen molar-refractivity contribution in [1.29, 1.82) is 0 Å². The van der Waals surface area contributed by atoms with Crippen LogP contribution in [0.2, 0.25) is 0 Å². The molecule has 1 N–H and O–H groups in total. The van der Waals surface area contributed by atoms with Crippen molar-refractivity contribution in [1.82, 2.24) is 14.9 Å². The van der Waals surface area contributed by atoms with Crippen LogP contribution in [0.3, 0.4) is 0 Å². The van der Waals surface area contributed by atoms with Crippen molar-refractivity contribution in [3.05, 3.63) is 53.6 Å². The van der Waals surface area contributed by atoms with Gasteiger partial charge in [-0.1, -0.05) is 30.3 Å². The molecule has 0 spiro atoms. The van der Waals surface area contributed by atoms with Gasteiger partial charge < -0.3 is 9.88 Å². The van der Waals surface area contributed by atoms with E-state index in [2.05, 4.69) is 9.97 Å². The number of rotatable bonds is 5. The van der Waals surface area contributed by atoms with Crippen LogP contribution in [0.1, 0.15) is 42.1 Å². The second kappa shape index (κ2) is 7.29. The lowest BCUT2D eigenvalue weighted by Crippen LogP contribution is -2.39. The second-order valence-corrected chi connectivity index (χ2v) is 6.38. The first kappa shape index (κ1) is 17.5. The molecular formula is C18H20F3N3O. The van der Waals surface area contributed by atoms with E-state index < -0.39 is 24.9 Å². The van der Waals surface area contributed by atoms with Crippen LogP contribution in [0.5, 0.6) is 0 Å². The molecule has 0 radical (unpaired) electrons. The summed E-state index contributed by atoms with van der Waals surface area (Å²) in [7, 11) is 0. The number of aromatic nitrogens is 2. The van der Waals surface area contributed by atoms with Gasteiger partial charge in [0, 0.05) is 18.9 Å². The molecule has 0 bridgehead atoms. The number of fused-ring (bicyclic) bond motifs is 1. The molecule has 25 heavy (non-hydrogen) atoms. The van der Waals surface area contributed by atoms with Crippen LogP contribution >= 0.6 is 0 Å². The largest absolute Gasteiger partial charge is 0.389 e. The van der Waals surface area contributed by atoms with Gasteiger partial charge in [0.15, 0.2) is 0 Å². The van der Waals surface area contributed by atoms with Crippen LogP contribution in [0, 0.1) is 0 Å². The molecule has 4 nitrogen and oxygen atoms in total. The molecule has 0 aliphatic carbocycles. The third-order valence-electron chi connectivity index (χ3n) is 4.53. The lowest BCUT2D eigenvalue weighted by Gasteiger charge is -2.32. The van der Waals surface area contributed by atoms with Gasteiger partial charge in [0.2, 0.25) is 5.91 Å². The summed E-state index contributed by atoms with van der Waals surface area (Å²) in [6.07, 6.45) is -2.67. The third-order valence-corrected chi connectivity index (χ3v) is 4.53. The molecule has 134 valence electrons. The van der Waals surface area contributed by atoms with Crippen molar-refractivity contribution >= 4 is 5.91 Å². The fourth-order valence-corrected chi connectivity index (χ4v) is 3.23. The van der Waals surface area contributed by atoms with Crippen molar-refractivity contribution in [3.63, 3.8) is 0 Å². The summed E-state index contributed by atoms with van der Waals surface area (Å²) in [6, 6.07) is 9.99. The van der Waals surface area contributed by atoms with E-state index in [1.165, 1.54) is 10.5 Å². The number of alkyl halides is 3. The van der Waals surface area contributed by atoms with Gasteiger partial charge in [-0.05, 0) is 18.4 Å². The summed E-state index contributed by atoms with van der Waals surface area (Å²) in [4.78, 5) is 21.1. The number of hydrogen-bond donors (Lipinski definition) is 1. The number of nitrogens with one attached hydrogen (secondary N) is 1. The average molecular weight is 351 g/mol. The van der Waals surface area contributed by atoms with Gasteiger partial charge in [-0.25, -0.2) is 4.98 Å². The number of halogens is 3. The Labute approximate surface area is 144 Å². The number of imidazole rings is 1. The minimum Gasteiger partial charge on any atom is -0.347 e. The Hall–Kier alpha value is -2.31. The molecule has 0 saturated carbocycles. The van der Waals surface area contributed by atoms with E-state index in [9.17, 15) is 18.0 Å². The highest BCUT2D eigenvalue weighted by molar-refractivity contribution is 5.76. The number of benzene rings is 1. The number of hydrogen-bond acceptors (Lipinski definition) is 2. The monoisotopic (exact) mass is 351 g/mol. The standard InChI is InChI=1S/C18H20F3N3O/c19-18(20,21)9-8-16(25)24-10-14(17-15(11-24)22-12-23-17)7-6-13-4-2-1-3-5-13/h1-5,12,14H,6-11H2,(H,22,23). The first-order valence-electron chi connectivity index (χ1n) is 8.33. The van der Waals surface area contributed by atoms with Gasteiger partial charge in [-0.2, -0.15) is 13.2 Å². The van der Waals surface area contributed by atoms with Crippen molar-refractivity contribution in [2.45, 2.75) is 44.3 Å². The molecule has 0 fully saturated rings. The van der Waals surface area contributed by atoms with Gasteiger partial charge in [0.25, 0.3) is 0 Å². The molecule has 1 aromatic carbocycles. The van der Waals surface area contributed by atoms with Crippen molar-refractivity contribution in [2.24, 2.45) is 0 Å². The SMILES string of the molecule is O=C(CCC(F)(F)F)N1Cc2[nH]cnc2C(CCc2ccccc2)C1. The zero-order valence-electron chi connectivity index (χ0n) is 13.7. The lowest BCUT2D eigenvalue weighted by molar-refractivity contribution is -0.149. The number of carbonyl (C=O) groups excluding carboxylic acids is 1. The molecular weight excluding hydrogens is 331 g/mol. The molecule has 3 rings (SSSR count). The fraction of sp³-hybridized carbons (Fsp3) is 0.444. The number of aryl methyl sites for hydroxylation is 1. The Balaban J connectivity index is 1.65. The highest BCUT2D eigenvalue weighted by Crippen LogP contribution is 2.30. The number of carbonyl (C=O) groups is 1. The molecule has 1 atom stereocenters. The van der Waals surface area contributed by atoms with Crippen molar-refractivity contribution in [2.75, 3.05) is 6.54 Å². The quantitative estimate of drug-likeness (QED) is 0.890. The van der Waals surface area contributed by atoms with E-state index in [0.29, 0.717) is 13.1 Å². The van der Waals surface area contributed by atoms with Crippen LogP contribution in [0.15, 0.2) is 36.7 Å². The normalized spacial score (nSPS) is 17.4. The molecule has 1 aliphatic heterocycles. The van der Waals surface area contributed by atoms with E-state index in [4.69, 9.17) is 0 Å². The van der Waals surface area contributed by atoms with Gasteiger partial charge in [0.1, 0.15) is 0 Å². The number of amides is 1. The zero-order chi connectivity index (χ0) is 17.9. The number of H-pyrrole nitrogens is 1. The van der Waals surface area contributed by atoms with Gasteiger partial charge >= 0.3 is 6.18 Å².